The highest BCUT2D eigenvalue weighted by Crippen LogP contribution is 2.35. The Morgan fingerprint density at radius 1 is 1.24 bits per heavy atom. The molecule has 2 aliphatic rings. The molecule has 0 radical (unpaired) electrons. The Bertz CT molecular complexity index is 313. The molecular formula is C17H34N2O2. The molecule has 0 aromatic carbocycles. The van der Waals surface area contributed by atoms with E-state index in [0.717, 1.165) is 38.1 Å². The molecule has 1 aliphatic carbocycles. The summed E-state index contributed by atoms with van der Waals surface area (Å²) in [5.74, 6) is 2.30. The summed E-state index contributed by atoms with van der Waals surface area (Å²) in [4.78, 5) is 2.53. The van der Waals surface area contributed by atoms with Gasteiger partial charge in [0, 0.05) is 25.2 Å². The van der Waals surface area contributed by atoms with Gasteiger partial charge < -0.3 is 15.2 Å². The first-order valence-corrected chi connectivity index (χ1v) is 8.75. The molecule has 4 heteroatoms. The second kappa shape index (κ2) is 7.91. The van der Waals surface area contributed by atoms with Crippen molar-refractivity contribution in [3.05, 3.63) is 0 Å². The van der Waals surface area contributed by atoms with E-state index in [-0.39, 0.29) is 12.7 Å². The fourth-order valence-corrected chi connectivity index (χ4v) is 4.23. The normalized spacial score (nSPS) is 42.1. The van der Waals surface area contributed by atoms with Gasteiger partial charge >= 0.3 is 0 Å². The third-order valence-corrected chi connectivity index (χ3v) is 5.43. The number of hydrogen-bond acceptors (Lipinski definition) is 4. The minimum absolute atomic E-state index is 0.00314. The van der Waals surface area contributed by atoms with Crippen LogP contribution in [0.3, 0.4) is 0 Å². The lowest BCUT2D eigenvalue weighted by Gasteiger charge is -2.45. The number of rotatable bonds is 5. The number of nitrogens with zero attached hydrogens (tertiary/aromatic N) is 1. The molecule has 0 spiro atoms. The van der Waals surface area contributed by atoms with E-state index >= 15 is 0 Å². The van der Waals surface area contributed by atoms with Gasteiger partial charge in [0.05, 0.1) is 19.3 Å². The summed E-state index contributed by atoms with van der Waals surface area (Å²) in [5, 5.41) is 13.1. The first-order chi connectivity index (χ1) is 10.0. The van der Waals surface area contributed by atoms with E-state index in [0.29, 0.717) is 18.0 Å². The van der Waals surface area contributed by atoms with Crippen molar-refractivity contribution in [2.24, 2.45) is 17.8 Å². The molecule has 2 fully saturated rings. The molecule has 0 aromatic rings. The minimum atomic E-state index is -0.00314. The minimum Gasteiger partial charge on any atom is -0.394 e. The van der Waals surface area contributed by atoms with Crippen molar-refractivity contribution in [3.63, 3.8) is 0 Å². The molecule has 0 amide bonds. The molecule has 124 valence electrons. The van der Waals surface area contributed by atoms with Crippen molar-refractivity contribution in [2.45, 2.75) is 58.7 Å². The van der Waals surface area contributed by atoms with Gasteiger partial charge in [-0.15, -0.1) is 0 Å². The van der Waals surface area contributed by atoms with E-state index in [1.165, 1.54) is 12.8 Å². The largest absolute Gasteiger partial charge is 0.394 e. The fraction of sp³-hybridized carbons (Fsp3) is 1.00. The highest BCUT2D eigenvalue weighted by atomic mass is 16.5. The van der Waals surface area contributed by atoms with Gasteiger partial charge in [0.1, 0.15) is 0 Å². The predicted octanol–water partition coefficient (Wildman–Crippen LogP) is 1.73. The maximum absolute atomic E-state index is 9.36. The Labute approximate surface area is 130 Å². The summed E-state index contributed by atoms with van der Waals surface area (Å²) >= 11 is 0. The highest BCUT2D eigenvalue weighted by molar-refractivity contribution is 4.91. The lowest BCUT2D eigenvalue weighted by atomic mass is 9.72. The van der Waals surface area contributed by atoms with Gasteiger partial charge in [-0.2, -0.15) is 0 Å². The zero-order valence-electron chi connectivity index (χ0n) is 14.2. The summed E-state index contributed by atoms with van der Waals surface area (Å²) in [5.41, 5.74) is 0. The number of aliphatic hydroxyl groups is 1. The fourth-order valence-electron chi connectivity index (χ4n) is 4.23. The number of morpholine rings is 1. The first kappa shape index (κ1) is 17.2. The Morgan fingerprint density at radius 3 is 2.67 bits per heavy atom. The van der Waals surface area contributed by atoms with Crippen LogP contribution in [0.4, 0.5) is 0 Å². The van der Waals surface area contributed by atoms with E-state index < -0.39 is 0 Å². The van der Waals surface area contributed by atoms with Crippen LogP contribution in [-0.2, 0) is 4.74 Å². The molecular weight excluding hydrogens is 264 g/mol. The van der Waals surface area contributed by atoms with E-state index in [2.05, 4.69) is 37.9 Å². The number of ether oxygens (including phenoxy) is 1. The van der Waals surface area contributed by atoms with E-state index in [4.69, 9.17) is 4.74 Å². The lowest BCUT2D eigenvalue weighted by Crippen LogP contribution is -2.55. The van der Waals surface area contributed by atoms with Gasteiger partial charge in [-0.3, -0.25) is 4.90 Å². The SMILES string of the molecule is CCNC1CC(C)CC(C)C1CN1CC(CO)OCC1C. The number of aliphatic hydroxyl groups excluding tert-OH is 1. The van der Waals surface area contributed by atoms with Crippen LogP contribution in [0, 0.1) is 17.8 Å². The molecule has 6 atom stereocenters. The van der Waals surface area contributed by atoms with Gasteiger partial charge in [-0.25, -0.2) is 0 Å². The summed E-state index contributed by atoms with van der Waals surface area (Å²) in [6.45, 7) is 13.2. The zero-order valence-corrected chi connectivity index (χ0v) is 14.2. The second-order valence-electron chi connectivity index (χ2n) is 7.32. The first-order valence-electron chi connectivity index (χ1n) is 8.75. The molecule has 21 heavy (non-hydrogen) atoms. The summed E-state index contributed by atoms with van der Waals surface area (Å²) in [7, 11) is 0. The Kier molecular flexibility index (Phi) is 6.48. The average molecular weight is 298 g/mol. The summed E-state index contributed by atoms with van der Waals surface area (Å²) in [6, 6.07) is 1.10. The summed E-state index contributed by atoms with van der Waals surface area (Å²) in [6.07, 6.45) is 2.64. The van der Waals surface area contributed by atoms with Gasteiger partial charge in [-0.1, -0.05) is 20.8 Å². The second-order valence-corrected chi connectivity index (χ2v) is 7.32. The van der Waals surface area contributed by atoms with Crippen LogP contribution < -0.4 is 5.32 Å². The van der Waals surface area contributed by atoms with Crippen LogP contribution in [0.2, 0.25) is 0 Å². The van der Waals surface area contributed by atoms with Crippen LogP contribution in [0.25, 0.3) is 0 Å². The number of nitrogens with one attached hydrogen (secondary N) is 1. The Hall–Kier alpha value is -0.160. The Balaban J connectivity index is 2.00. The maximum atomic E-state index is 9.36. The van der Waals surface area contributed by atoms with Gasteiger partial charge in [0.25, 0.3) is 0 Å². The molecule has 1 heterocycles. The molecule has 2 rings (SSSR count). The van der Waals surface area contributed by atoms with E-state index in [9.17, 15) is 5.11 Å². The number of hydrogen-bond donors (Lipinski definition) is 2. The van der Waals surface area contributed by atoms with Crippen molar-refractivity contribution in [2.75, 3.05) is 32.8 Å². The van der Waals surface area contributed by atoms with Gasteiger partial charge in [0.15, 0.2) is 0 Å². The van der Waals surface area contributed by atoms with Crippen LogP contribution in [0.15, 0.2) is 0 Å². The van der Waals surface area contributed by atoms with Crippen molar-refractivity contribution in [1.29, 1.82) is 0 Å². The van der Waals surface area contributed by atoms with Crippen molar-refractivity contribution in [3.8, 4) is 0 Å². The Morgan fingerprint density at radius 2 is 2.00 bits per heavy atom. The van der Waals surface area contributed by atoms with Gasteiger partial charge in [-0.05, 0) is 44.1 Å². The molecule has 0 bridgehead atoms. The topological polar surface area (TPSA) is 44.7 Å². The quantitative estimate of drug-likeness (QED) is 0.811. The highest BCUT2D eigenvalue weighted by Gasteiger charge is 2.36. The molecule has 2 N–H and O–H groups in total. The van der Waals surface area contributed by atoms with Crippen molar-refractivity contribution in [1.82, 2.24) is 10.2 Å². The maximum Gasteiger partial charge on any atom is 0.0933 e. The molecule has 1 aliphatic heterocycles. The third kappa shape index (κ3) is 4.41. The van der Waals surface area contributed by atoms with Crippen LogP contribution in [0.1, 0.15) is 40.5 Å². The smallest absolute Gasteiger partial charge is 0.0933 e. The van der Waals surface area contributed by atoms with Crippen molar-refractivity contribution >= 4 is 0 Å². The van der Waals surface area contributed by atoms with Crippen LogP contribution in [-0.4, -0.2) is 61.0 Å². The van der Waals surface area contributed by atoms with E-state index in [1.54, 1.807) is 0 Å². The monoisotopic (exact) mass is 298 g/mol. The zero-order chi connectivity index (χ0) is 15.4. The third-order valence-electron chi connectivity index (χ3n) is 5.43. The molecule has 4 nitrogen and oxygen atoms in total. The molecule has 0 aromatic heterocycles. The van der Waals surface area contributed by atoms with Crippen LogP contribution >= 0.6 is 0 Å². The van der Waals surface area contributed by atoms with Crippen molar-refractivity contribution < 1.29 is 9.84 Å². The predicted molar refractivity (Wildman–Crippen MR) is 86.4 cm³/mol. The van der Waals surface area contributed by atoms with Gasteiger partial charge in [0.2, 0.25) is 0 Å². The van der Waals surface area contributed by atoms with E-state index in [1.807, 2.05) is 0 Å². The lowest BCUT2D eigenvalue weighted by molar-refractivity contribution is -0.0866. The van der Waals surface area contributed by atoms with Crippen LogP contribution in [0.5, 0.6) is 0 Å². The summed E-state index contributed by atoms with van der Waals surface area (Å²) < 4.78 is 5.67. The average Bonchev–Trinajstić information content (AvgIpc) is 2.44. The molecule has 1 saturated heterocycles. The molecule has 1 saturated carbocycles. The molecule has 6 unspecified atom stereocenters. The standard InChI is InChI=1S/C17H34N2O2/c1-5-18-17-7-12(2)6-13(3)16(17)9-19-8-15(10-20)21-11-14(19)4/h12-18,20H,5-11H2,1-4H3.